The standard InChI is InChI=1S/C13H19FN2/c14-12-8-11(5-6-13(12)15)9-16-7-1-2-10-3-4-10/h5-6,8,10,16H,1-4,7,9,15H2. The number of halogens is 1. The van der Waals surface area contributed by atoms with Gasteiger partial charge in [0.1, 0.15) is 5.82 Å². The second-order valence-corrected chi connectivity index (χ2v) is 4.62. The lowest BCUT2D eigenvalue weighted by Crippen LogP contribution is -2.15. The normalized spacial score (nSPS) is 15.3. The van der Waals surface area contributed by atoms with Crippen LogP contribution in [0.2, 0.25) is 0 Å². The third kappa shape index (κ3) is 3.49. The summed E-state index contributed by atoms with van der Waals surface area (Å²) in [5, 5.41) is 3.32. The number of nitrogen functional groups attached to an aromatic ring is 1. The van der Waals surface area contributed by atoms with E-state index in [0.717, 1.165) is 24.6 Å². The van der Waals surface area contributed by atoms with E-state index in [4.69, 9.17) is 5.73 Å². The van der Waals surface area contributed by atoms with Crippen LogP contribution in [-0.2, 0) is 6.54 Å². The Morgan fingerprint density at radius 1 is 1.38 bits per heavy atom. The molecule has 0 spiro atoms. The molecule has 1 fully saturated rings. The Balaban J connectivity index is 1.65. The highest BCUT2D eigenvalue weighted by atomic mass is 19.1. The van der Waals surface area contributed by atoms with Crippen molar-refractivity contribution in [3.63, 3.8) is 0 Å². The fourth-order valence-corrected chi connectivity index (χ4v) is 1.84. The summed E-state index contributed by atoms with van der Waals surface area (Å²) in [7, 11) is 0. The summed E-state index contributed by atoms with van der Waals surface area (Å²) in [5.74, 6) is 0.674. The van der Waals surface area contributed by atoms with Crippen LogP contribution in [0.5, 0.6) is 0 Å². The van der Waals surface area contributed by atoms with Crippen molar-refractivity contribution in [3.8, 4) is 0 Å². The Bertz CT molecular complexity index is 348. The van der Waals surface area contributed by atoms with Crippen molar-refractivity contribution in [1.82, 2.24) is 5.32 Å². The molecule has 1 aromatic carbocycles. The molecule has 0 radical (unpaired) electrons. The zero-order valence-corrected chi connectivity index (χ0v) is 9.51. The lowest BCUT2D eigenvalue weighted by molar-refractivity contribution is 0.589. The van der Waals surface area contributed by atoms with Crippen LogP contribution in [0, 0.1) is 11.7 Å². The van der Waals surface area contributed by atoms with Gasteiger partial charge in [-0.3, -0.25) is 0 Å². The monoisotopic (exact) mass is 222 g/mol. The molecule has 3 N–H and O–H groups in total. The van der Waals surface area contributed by atoms with Crippen LogP contribution in [0.4, 0.5) is 10.1 Å². The van der Waals surface area contributed by atoms with Gasteiger partial charge in [0.15, 0.2) is 0 Å². The van der Waals surface area contributed by atoms with Crippen LogP contribution in [0.15, 0.2) is 18.2 Å². The van der Waals surface area contributed by atoms with Gasteiger partial charge in [-0.1, -0.05) is 18.9 Å². The molecular weight excluding hydrogens is 203 g/mol. The van der Waals surface area contributed by atoms with Gasteiger partial charge in [0, 0.05) is 6.54 Å². The Morgan fingerprint density at radius 3 is 2.88 bits per heavy atom. The molecule has 16 heavy (non-hydrogen) atoms. The first-order valence-corrected chi connectivity index (χ1v) is 6.00. The van der Waals surface area contributed by atoms with E-state index in [1.54, 1.807) is 6.07 Å². The number of rotatable bonds is 6. The number of nitrogens with two attached hydrogens (primary N) is 1. The maximum Gasteiger partial charge on any atom is 0.146 e. The zero-order valence-electron chi connectivity index (χ0n) is 9.51. The largest absolute Gasteiger partial charge is 0.396 e. The van der Waals surface area contributed by atoms with Gasteiger partial charge < -0.3 is 11.1 Å². The third-order valence-electron chi connectivity index (χ3n) is 3.06. The van der Waals surface area contributed by atoms with Gasteiger partial charge in [0.2, 0.25) is 0 Å². The Morgan fingerprint density at radius 2 is 2.19 bits per heavy atom. The van der Waals surface area contributed by atoms with Crippen molar-refractivity contribution in [1.29, 1.82) is 0 Å². The van der Waals surface area contributed by atoms with Crippen LogP contribution >= 0.6 is 0 Å². The van der Waals surface area contributed by atoms with E-state index in [1.807, 2.05) is 6.07 Å². The maximum absolute atomic E-state index is 13.1. The molecular formula is C13H19FN2. The molecule has 0 aromatic heterocycles. The molecule has 0 amide bonds. The number of hydrogen-bond donors (Lipinski definition) is 2. The highest BCUT2D eigenvalue weighted by Gasteiger charge is 2.19. The number of benzene rings is 1. The first-order valence-electron chi connectivity index (χ1n) is 6.00. The summed E-state index contributed by atoms with van der Waals surface area (Å²) in [5.41, 5.74) is 6.59. The molecule has 0 atom stereocenters. The topological polar surface area (TPSA) is 38.0 Å². The minimum Gasteiger partial charge on any atom is -0.396 e. The number of anilines is 1. The van der Waals surface area contributed by atoms with Gasteiger partial charge in [0.25, 0.3) is 0 Å². The van der Waals surface area contributed by atoms with Crippen molar-refractivity contribution < 1.29 is 4.39 Å². The number of hydrogen-bond acceptors (Lipinski definition) is 2. The highest BCUT2D eigenvalue weighted by Crippen LogP contribution is 2.33. The van der Waals surface area contributed by atoms with Crippen molar-refractivity contribution >= 4 is 5.69 Å². The van der Waals surface area contributed by atoms with E-state index < -0.39 is 0 Å². The number of nitrogens with one attached hydrogen (secondary N) is 1. The zero-order chi connectivity index (χ0) is 11.4. The minimum absolute atomic E-state index is 0.220. The molecule has 2 rings (SSSR count). The lowest BCUT2D eigenvalue weighted by Gasteiger charge is -2.05. The molecule has 1 saturated carbocycles. The van der Waals surface area contributed by atoms with Gasteiger partial charge >= 0.3 is 0 Å². The Labute approximate surface area is 96.0 Å². The van der Waals surface area contributed by atoms with Gasteiger partial charge in [0.05, 0.1) is 5.69 Å². The van der Waals surface area contributed by atoms with Gasteiger partial charge in [-0.05, 0) is 43.0 Å². The van der Waals surface area contributed by atoms with Crippen molar-refractivity contribution in [2.45, 2.75) is 32.2 Å². The first kappa shape index (κ1) is 11.4. The van der Waals surface area contributed by atoms with E-state index in [-0.39, 0.29) is 11.5 Å². The summed E-state index contributed by atoms with van der Waals surface area (Å²) in [4.78, 5) is 0. The van der Waals surface area contributed by atoms with E-state index in [0.29, 0.717) is 0 Å². The molecule has 0 unspecified atom stereocenters. The molecule has 0 saturated heterocycles. The molecule has 0 heterocycles. The van der Waals surface area contributed by atoms with Gasteiger partial charge in [-0.25, -0.2) is 4.39 Å². The van der Waals surface area contributed by atoms with E-state index in [2.05, 4.69) is 5.32 Å². The highest BCUT2D eigenvalue weighted by molar-refractivity contribution is 5.41. The molecule has 0 bridgehead atoms. The van der Waals surface area contributed by atoms with Crippen LogP contribution in [0.3, 0.4) is 0 Å². The second kappa shape index (κ2) is 5.30. The van der Waals surface area contributed by atoms with Gasteiger partial charge in [-0.15, -0.1) is 0 Å². The molecule has 88 valence electrons. The van der Waals surface area contributed by atoms with Crippen LogP contribution < -0.4 is 11.1 Å². The molecule has 1 aliphatic carbocycles. The lowest BCUT2D eigenvalue weighted by atomic mass is 10.2. The molecule has 1 aromatic rings. The predicted octanol–water partition coefficient (Wildman–Crippen LogP) is 2.69. The summed E-state index contributed by atoms with van der Waals surface area (Å²) >= 11 is 0. The van der Waals surface area contributed by atoms with Crippen LogP contribution in [0.25, 0.3) is 0 Å². The fourth-order valence-electron chi connectivity index (χ4n) is 1.84. The predicted molar refractivity (Wildman–Crippen MR) is 64.5 cm³/mol. The van der Waals surface area contributed by atoms with Gasteiger partial charge in [-0.2, -0.15) is 0 Å². The van der Waals surface area contributed by atoms with Crippen LogP contribution in [0.1, 0.15) is 31.2 Å². The Kier molecular flexibility index (Phi) is 3.78. The quantitative estimate of drug-likeness (QED) is 0.573. The Hall–Kier alpha value is -1.09. The van der Waals surface area contributed by atoms with E-state index >= 15 is 0 Å². The average Bonchev–Trinajstić information content (AvgIpc) is 3.07. The third-order valence-corrected chi connectivity index (χ3v) is 3.06. The summed E-state index contributed by atoms with van der Waals surface area (Å²) < 4.78 is 13.1. The maximum atomic E-state index is 13.1. The van der Waals surface area contributed by atoms with E-state index in [9.17, 15) is 4.39 Å². The summed E-state index contributed by atoms with van der Waals surface area (Å²) in [6.45, 7) is 1.74. The fraction of sp³-hybridized carbons (Fsp3) is 0.538. The molecule has 2 nitrogen and oxygen atoms in total. The molecule has 3 heteroatoms. The summed E-state index contributed by atoms with van der Waals surface area (Å²) in [6, 6.07) is 4.99. The second-order valence-electron chi connectivity index (χ2n) is 4.62. The average molecular weight is 222 g/mol. The minimum atomic E-state index is -0.322. The van der Waals surface area contributed by atoms with Crippen molar-refractivity contribution in [3.05, 3.63) is 29.6 Å². The molecule has 1 aliphatic rings. The van der Waals surface area contributed by atoms with Crippen molar-refractivity contribution in [2.75, 3.05) is 12.3 Å². The smallest absolute Gasteiger partial charge is 0.146 e. The van der Waals surface area contributed by atoms with Crippen LogP contribution in [-0.4, -0.2) is 6.54 Å². The van der Waals surface area contributed by atoms with Crippen molar-refractivity contribution in [2.24, 2.45) is 5.92 Å². The SMILES string of the molecule is Nc1ccc(CNCCCC2CC2)cc1F. The molecule has 0 aliphatic heterocycles. The van der Waals surface area contributed by atoms with E-state index in [1.165, 1.54) is 31.7 Å². The summed E-state index contributed by atoms with van der Waals surface area (Å²) in [6.07, 6.45) is 5.40. The first-order chi connectivity index (χ1) is 7.75.